The second kappa shape index (κ2) is 6.87. The number of nitrogens with one attached hydrogen (secondary N) is 1. The first-order valence-electron chi connectivity index (χ1n) is 6.03. The van der Waals surface area contributed by atoms with Crippen molar-refractivity contribution in [2.24, 2.45) is 0 Å². The SMILES string of the molecule is Nc1cc(Br)cc(Br)c1S(=O)(=O)NCCc1ccncc1. The number of nitrogen functional groups attached to an aromatic ring is 1. The van der Waals surface area contributed by atoms with Gasteiger partial charge in [-0.1, -0.05) is 15.9 Å². The largest absolute Gasteiger partial charge is 0.398 e. The van der Waals surface area contributed by atoms with Gasteiger partial charge in [-0.05, 0) is 52.2 Å². The van der Waals surface area contributed by atoms with Gasteiger partial charge >= 0.3 is 0 Å². The summed E-state index contributed by atoms with van der Waals surface area (Å²) in [6.45, 7) is 0.286. The molecule has 0 aliphatic rings. The van der Waals surface area contributed by atoms with Crippen LogP contribution in [0.3, 0.4) is 0 Å². The predicted molar refractivity (Wildman–Crippen MR) is 89.4 cm³/mol. The summed E-state index contributed by atoms with van der Waals surface area (Å²) < 4.78 is 28.3. The molecule has 0 amide bonds. The highest BCUT2D eigenvalue weighted by Crippen LogP contribution is 2.31. The highest BCUT2D eigenvalue weighted by atomic mass is 79.9. The maximum absolute atomic E-state index is 12.3. The maximum atomic E-state index is 12.3. The number of rotatable bonds is 5. The van der Waals surface area contributed by atoms with Gasteiger partial charge in [0.1, 0.15) is 4.90 Å². The molecule has 3 N–H and O–H groups in total. The van der Waals surface area contributed by atoms with Crippen molar-refractivity contribution in [1.82, 2.24) is 9.71 Å². The van der Waals surface area contributed by atoms with Crippen LogP contribution in [0.25, 0.3) is 0 Å². The van der Waals surface area contributed by atoms with Gasteiger partial charge in [0.15, 0.2) is 0 Å². The van der Waals surface area contributed by atoms with Crippen molar-refractivity contribution >= 4 is 47.6 Å². The van der Waals surface area contributed by atoms with Crippen molar-refractivity contribution in [2.45, 2.75) is 11.3 Å². The fourth-order valence-corrected chi connectivity index (χ4v) is 4.91. The fourth-order valence-electron chi connectivity index (χ4n) is 1.82. The Bertz CT molecular complexity index is 713. The molecule has 0 fully saturated rings. The molecule has 2 aromatic rings. The van der Waals surface area contributed by atoms with Crippen molar-refractivity contribution in [3.05, 3.63) is 51.2 Å². The van der Waals surface area contributed by atoms with Crippen molar-refractivity contribution in [3.8, 4) is 0 Å². The van der Waals surface area contributed by atoms with E-state index in [-0.39, 0.29) is 17.1 Å². The predicted octanol–water partition coefficient (Wildman–Crippen LogP) is 2.71. The van der Waals surface area contributed by atoms with Crippen LogP contribution < -0.4 is 10.5 Å². The molecule has 0 saturated heterocycles. The lowest BCUT2D eigenvalue weighted by atomic mass is 10.2. The van der Waals surface area contributed by atoms with E-state index >= 15 is 0 Å². The second-order valence-corrected chi connectivity index (χ2v) is 7.78. The first kappa shape index (κ1) is 16.4. The molecule has 21 heavy (non-hydrogen) atoms. The van der Waals surface area contributed by atoms with E-state index in [1.54, 1.807) is 24.5 Å². The number of nitrogens with zero attached hydrogens (tertiary/aromatic N) is 1. The third kappa shape index (κ3) is 4.26. The van der Waals surface area contributed by atoms with Crippen LogP contribution in [0, 0.1) is 0 Å². The number of aromatic nitrogens is 1. The van der Waals surface area contributed by atoms with Crippen molar-refractivity contribution in [2.75, 3.05) is 12.3 Å². The van der Waals surface area contributed by atoms with Crippen LogP contribution in [-0.2, 0) is 16.4 Å². The molecule has 0 aliphatic carbocycles. The quantitative estimate of drug-likeness (QED) is 0.708. The average Bonchev–Trinajstić information content (AvgIpc) is 2.38. The Hall–Kier alpha value is -0.960. The van der Waals surface area contributed by atoms with Crippen LogP contribution in [0.1, 0.15) is 5.56 Å². The Kier molecular flexibility index (Phi) is 5.37. The molecule has 0 saturated carbocycles. The second-order valence-electron chi connectivity index (χ2n) is 4.31. The third-order valence-corrected chi connectivity index (χ3v) is 5.68. The van der Waals surface area contributed by atoms with Crippen LogP contribution in [-0.4, -0.2) is 19.9 Å². The first-order valence-corrected chi connectivity index (χ1v) is 9.10. The van der Waals surface area contributed by atoms with E-state index in [0.29, 0.717) is 15.4 Å². The number of hydrogen-bond acceptors (Lipinski definition) is 4. The molecule has 1 heterocycles. The molecule has 0 unspecified atom stereocenters. The molecule has 0 radical (unpaired) electrons. The maximum Gasteiger partial charge on any atom is 0.243 e. The molecule has 2 rings (SSSR count). The molecular weight excluding hydrogens is 422 g/mol. The average molecular weight is 435 g/mol. The van der Waals surface area contributed by atoms with Gasteiger partial charge in [-0.15, -0.1) is 0 Å². The molecule has 5 nitrogen and oxygen atoms in total. The summed E-state index contributed by atoms with van der Waals surface area (Å²) in [5.41, 5.74) is 7.00. The smallest absolute Gasteiger partial charge is 0.243 e. The number of hydrogen-bond donors (Lipinski definition) is 2. The molecule has 8 heteroatoms. The van der Waals surface area contributed by atoms with Gasteiger partial charge in [0.25, 0.3) is 0 Å². The molecule has 112 valence electrons. The van der Waals surface area contributed by atoms with Gasteiger partial charge in [-0.3, -0.25) is 4.98 Å². The topological polar surface area (TPSA) is 85.1 Å². The molecular formula is C13H13Br2N3O2S. The van der Waals surface area contributed by atoms with E-state index in [4.69, 9.17) is 5.73 Å². The monoisotopic (exact) mass is 433 g/mol. The van der Waals surface area contributed by atoms with E-state index < -0.39 is 10.0 Å². The van der Waals surface area contributed by atoms with Gasteiger partial charge in [-0.2, -0.15) is 0 Å². The Morgan fingerprint density at radius 2 is 1.86 bits per heavy atom. The molecule has 0 spiro atoms. The first-order chi connectivity index (χ1) is 9.90. The van der Waals surface area contributed by atoms with Crippen LogP contribution >= 0.6 is 31.9 Å². The Labute approximate surface area is 140 Å². The zero-order valence-electron chi connectivity index (χ0n) is 10.9. The Morgan fingerprint density at radius 1 is 1.19 bits per heavy atom. The summed E-state index contributed by atoms with van der Waals surface area (Å²) in [6, 6.07) is 6.90. The van der Waals surface area contributed by atoms with Crippen molar-refractivity contribution in [3.63, 3.8) is 0 Å². The van der Waals surface area contributed by atoms with Crippen LogP contribution in [0.5, 0.6) is 0 Å². The Morgan fingerprint density at radius 3 is 2.48 bits per heavy atom. The number of anilines is 1. The Balaban J connectivity index is 2.12. The van der Waals surface area contributed by atoms with Gasteiger partial charge in [-0.25, -0.2) is 13.1 Å². The molecule has 0 atom stereocenters. The van der Waals surface area contributed by atoms with E-state index in [9.17, 15) is 8.42 Å². The number of sulfonamides is 1. The minimum atomic E-state index is -3.67. The summed E-state index contributed by atoms with van der Waals surface area (Å²) in [4.78, 5) is 3.97. The molecule has 0 bridgehead atoms. The van der Waals surface area contributed by atoms with Crippen molar-refractivity contribution in [1.29, 1.82) is 0 Å². The summed E-state index contributed by atoms with van der Waals surface area (Å²) in [7, 11) is -3.67. The lowest BCUT2D eigenvalue weighted by molar-refractivity contribution is 0.581. The van der Waals surface area contributed by atoms with Gasteiger partial charge < -0.3 is 5.73 Å². The minimum absolute atomic E-state index is 0.0560. The molecule has 1 aromatic heterocycles. The third-order valence-electron chi connectivity index (χ3n) is 2.76. The minimum Gasteiger partial charge on any atom is -0.398 e. The van der Waals surface area contributed by atoms with Crippen LogP contribution in [0.4, 0.5) is 5.69 Å². The number of halogens is 2. The highest BCUT2D eigenvalue weighted by molar-refractivity contribution is 9.11. The summed E-state index contributed by atoms with van der Waals surface area (Å²) >= 11 is 6.50. The van der Waals surface area contributed by atoms with Crippen molar-refractivity contribution < 1.29 is 8.42 Å². The van der Waals surface area contributed by atoms with E-state index in [2.05, 4.69) is 41.6 Å². The lowest BCUT2D eigenvalue weighted by Crippen LogP contribution is -2.27. The molecule has 1 aromatic carbocycles. The summed E-state index contributed by atoms with van der Waals surface area (Å²) in [5, 5.41) is 0. The van der Waals surface area contributed by atoms with Crippen LogP contribution in [0.15, 0.2) is 50.5 Å². The van der Waals surface area contributed by atoms with E-state index in [1.165, 1.54) is 0 Å². The molecule has 0 aliphatic heterocycles. The normalized spacial score (nSPS) is 11.5. The van der Waals surface area contributed by atoms with Gasteiger partial charge in [0, 0.05) is 27.9 Å². The number of nitrogens with two attached hydrogens (primary N) is 1. The highest BCUT2D eigenvalue weighted by Gasteiger charge is 2.21. The summed E-state index contributed by atoms with van der Waals surface area (Å²) in [5.74, 6) is 0. The number of pyridine rings is 1. The summed E-state index contributed by atoms with van der Waals surface area (Å²) in [6.07, 6.45) is 3.93. The van der Waals surface area contributed by atoms with E-state index in [1.807, 2.05) is 12.1 Å². The van der Waals surface area contributed by atoms with Crippen LogP contribution in [0.2, 0.25) is 0 Å². The van der Waals surface area contributed by atoms with Gasteiger partial charge in [0.2, 0.25) is 10.0 Å². The standard InChI is InChI=1S/C13H13Br2N3O2S/c14-10-7-11(15)13(12(16)8-10)21(19,20)18-6-3-9-1-4-17-5-2-9/h1-2,4-5,7-8,18H,3,6,16H2. The lowest BCUT2D eigenvalue weighted by Gasteiger charge is -2.11. The number of benzene rings is 1. The zero-order chi connectivity index (χ0) is 15.5. The zero-order valence-corrected chi connectivity index (χ0v) is 14.9. The van der Waals surface area contributed by atoms with Gasteiger partial charge in [0.05, 0.1) is 5.69 Å². The van der Waals surface area contributed by atoms with E-state index in [0.717, 1.165) is 5.56 Å². The fraction of sp³-hybridized carbons (Fsp3) is 0.154.